The van der Waals surface area contributed by atoms with E-state index in [0.717, 1.165) is 11.4 Å². The number of benzene rings is 1. The summed E-state index contributed by atoms with van der Waals surface area (Å²) in [6.07, 6.45) is 0.730. The molecule has 0 saturated heterocycles. The van der Waals surface area contributed by atoms with Crippen molar-refractivity contribution in [2.75, 3.05) is 6.61 Å². The molecule has 0 spiro atoms. The molecule has 0 aliphatic rings. The Hall–Kier alpha value is -1.72. The molecule has 1 amide bonds. The van der Waals surface area contributed by atoms with Crippen LogP contribution in [0.15, 0.2) is 35.7 Å². The Morgan fingerprint density at radius 3 is 2.84 bits per heavy atom. The van der Waals surface area contributed by atoms with E-state index in [1.165, 1.54) is 16.9 Å². The molecular formula is C14H16N2O2S. The van der Waals surface area contributed by atoms with Crippen molar-refractivity contribution in [3.8, 4) is 0 Å². The normalized spacial score (nSPS) is 12.1. The third-order valence-electron chi connectivity index (χ3n) is 2.63. The van der Waals surface area contributed by atoms with Crippen molar-refractivity contribution in [1.82, 2.24) is 10.3 Å². The monoisotopic (exact) mass is 276 g/mol. The van der Waals surface area contributed by atoms with Crippen molar-refractivity contribution >= 4 is 17.2 Å². The third kappa shape index (κ3) is 3.87. The molecule has 5 heteroatoms. The summed E-state index contributed by atoms with van der Waals surface area (Å²) in [4.78, 5) is 16.1. The van der Waals surface area contributed by atoms with E-state index in [-0.39, 0.29) is 18.6 Å². The van der Waals surface area contributed by atoms with Crippen LogP contribution in [0.25, 0.3) is 0 Å². The Kier molecular flexibility index (Phi) is 4.65. The summed E-state index contributed by atoms with van der Waals surface area (Å²) in [5.74, 6) is -0.239. The van der Waals surface area contributed by atoms with Gasteiger partial charge in [0.2, 0.25) is 0 Å². The molecule has 0 aliphatic carbocycles. The lowest BCUT2D eigenvalue weighted by Gasteiger charge is -2.08. The van der Waals surface area contributed by atoms with Crippen LogP contribution in [-0.2, 0) is 6.42 Å². The Bertz CT molecular complexity index is 539. The molecular weight excluding hydrogens is 260 g/mol. The molecule has 1 unspecified atom stereocenters. The average molecular weight is 276 g/mol. The van der Waals surface area contributed by atoms with Crippen molar-refractivity contribution in [2.24, 2.45) is 0 Å². The number of thiazole rings is 1. The topological polar surface area (TPSA) is 62.2 Å². The highest BCUT2D eigenvalue weighted by atomic mass is 32.1. The number of aliphatic hydroxyl groups excluding tert-OH is 1. The Morgan fingerprint density at radius 2 is 2.16 bits per heavy atom. The van der Waals surface area contributed by atoms with Crippen LogP contribution in [0.3, 0.4) is 0 Å². The quantitative estimate of drug-likeness (QED) is 0.876. The Morgan fingerprint density at radius 1 is 1.42 bits per heavy atom. The molecule has 2 aromatic rings. The van der Waals surface area contributed by atoms with E-state index in [2.05, 4.69) is 10.3 Å². The van der Waals surface area contributed by atoms with Crippen LogP contribution in [-0.4, -0.2) is 28.6 Å². The van der Waals surface area contributed by atoms with Gasteiger partial charge in [-0.25, -0.2) is 4.98 Å². The van der Waals surface area contributed by atoms with E-state index in [1.54, 1.807) is 12.3 Å². The maximum Gasteiger partial charge on any atom is 0.271 e. The number of nitrogens with one attached hydrogen (secondary N) is 1. The van der Waals surface area contributed by atoms with Gasteiger partial charge in [-0.1, -0.05) is 30.3 Å². The molecule has 1 heterocycles. The minimum atomic E-state index is -0.258. The second-order valence-electron chi connectivity index (χ2n) is 4.35. The standard InChI is InChI=1S/C14H16N2O2S/c1-10(8-17)15-14(18)12-9-19-13(16-12)7-11-5-3-2-4-6-11/h2-6,9-10,17H,7-8H2,1H3,(H,15,18). The first-order valence-corrected chi connectivity index (χ1v) is 6.97. The van der Waals surface area contributed by atoms with E-state index in [9.17, 15) is 4.79 Å². The lowest BCUT2D eigenvalue weighted by molar-refractivity contribution is 0.0918. The summed E-state index contributed by atoms with van der Waals surface area (Å²) >= 11 is 1.47. The number of hydrogen-bond acceptors (Lipinski definition) is 4. The van der Waals surface area contributed by atoms with Gasteiger partial charge in [-0.15, -0.1) is 11.3 Å². The third-order valence-corrected chi connectivity index (χ3v) is 3.48. The maximum absolute atomic E-state index is 11.8. The van der Waals surface area contributed by atoms with Gasteiger partial charge in [-0.2, -0.15) is 0 Å². The van der Waals surface area contributed by atoms with Crippen LogP contribution in [0.1, 0.15) is 28.0 Å². The zero-order valence-corrected chi connectivity index (χ0v) is 11.5. The molecule has 0 saturated carbocycles. The predicted molar refractivity (Wildman–Crippen MR) is 75.4 cm³/mol. The first-order chi connectivity index (χ1) is 9.19. The second-order valence-corrected chi connectivity index (χ2v) is 5.29. The van der Waals surface area contributed by atoms with Crippen LogP contribution in [0.2, 0.25) is 0 Å². The molecule has 0 aliphatic heterocycles. The van der Waals surface area contributed by atoms with Crippen LogP contribution in [0.5, 0.6) is 0 Å². The summed E-state index contributed by atoms with van der Waals surface area (Å²) in [7, 11) is 0. The van der Waals surface area contributed by atoms with Crippen LogP contribution in [0.4, 0.5) is 0 Å². The second kappa shape index (κ2) is 6.45. The minimum Gasteiger partial charge on any atom is -0.394 e. The molecule has 100 valence electrons. The smallest absolute Gasteiger partial charge is 0.271 e. The number of aliphatic hydroxyl groups is 1. The molecule has 2 rings (SSSR count). The maximum atomic E-state index is 11.8. The van der Waals surface area contributed by atoms with E-state index in [4.69, 9.17) is 5.11 Å². The number of carbonyl (C=O) groups excluding carboxylic acids is 1. The van der Waals surface area contributed by atoms with Gasteiger partial charge in [0.05, 0.1) is 11.6 Å². The molecule has 0 fully saturated rings. The number of carbonyl (C=O) groups is 1. The number of rotatable bonds is 5. The molecule has 4 nitrogen and oxygen atoms in total. The van der Waals surface area contributed by atoms with Crippen molar-refractivity contribution in [2.45, 2.75) is 19.4 Å². The lowest BCUT2D eigenvalue weighted by atomic mass is 10.2. The Balaban J connectivity index is 2.01. The Labute approximate surface area is 116 Å². The largest absolute Gasteiger partial charge is 0.394 e. The molecule has 0 bridgehead atoms. The summed E-state index contributed by atoms with van der Waals surface area (Å²) in [6, 6.07) is 9.76. The van der Waals surface area contributed by atoms with Crippen molar-refractivity contribution in [1.29, 1.82) is 0 Å². The van der Waals surface area contributed by atoms with E-state index < -0.39 is 0 Å². The SMILES string of the molecule is CC(CO)NC(=O)c1csc(Cc2ccccc2)n1. The number of aromatic nitrogens is 1. The van der Waals surface area contributed by atoms with Gasteiger partial charge in [-0.05, 0) is 12.5 Å². The van der Waals surface area contributed by atoms with Gasteiger partial charge in [0.25, 0.3) is 5.91 Å². The van der Waals surface area contributed by atoms with E-state index >= 15 is 0 Å². The van der Waals surface area contributed by atoms with Crippen molar-refractivity contribution in [3.05, 3.63) is 52.0 Å². The van der Waals surface area contributed by atoms with Crippen LogP contribution < -0.4 is 5.32 Å². The summed E-state index contributed by atoms with van der Waals surface area (Å²) in [5, 5.41) is 14.2. The number of amides is 1. The van der Waals surface area contributed by atoms with Gasteiger partial charge >= 0.3 is 0 Å². The molecule has 1 atom stereocenters. The van der Waals surface area contributed by atoms with E-state index in [0.29, 0.717) is 5.69 Å². The molecule has 1 aromatic heterocycles. The summed E-state index contributed by atoms with van der Waals surface area (Å²) < 4.78 is 0. The summed E-state index contributed by atoms with van der Waals surface area (Å²) in [5.41, 5.74) is 1.59. The van der Waals surface area contributed by atoms with Gasteiger partial charge in [-0.3, -0.25) is 4.79 Å². The minimum absolute atomic E-state index is 0.0766. The highest BCUT2D eigenvalue weighted by Crippen LogP contribution is 2.14. The fraction of sp³-hybridized carbons (Fsp3) is 0.286. The predicted octanol–water partition coefficient (Wildman–Crippen LogP) is 1.84. The zero-order valence-electron chi connectivity index (χ0n) is 10.7. The van der Waals surface area contributed by atoms with Crippen molar-refractivity contribution in [3.63, 3.8) is 0 Å². The molecule has 19 heavy (non-hydrogen) atoms. The first-order valence-electron chi connectivity index (χ1n) is 6.09. The molecule has 1 aromatic carbocycles. The van der Waals surface area contributed by atoms with E-state index in [1.807, 2.05) is 30.3 Å². The highest BCUT2D eigenvalue weighted by Gasteiger charge is 2.13. The van der Waals surface area contributed by atoms with Gasteiger partial charge in [0.15, 0.2) is 0 Å². The average Bonchev–Trinajstić information content (AvgIpc) is 2.88. The fourth-order valence-electron chi connectivity index (χ4n) is 1.61. The van der Waals surface area contributed by atoms with Gasteiger partial charge in [0, 0.05) is 17.8 Å². The summed E-state index contributed by atoms with van der Waals surface area (Å²) in [6.45, 7) is 1.67. The molecule has 0 radical (unpaired) electrons. The number of nitrogens with zero attached hydrogens (tertiary/aromatic N) is 1. The molecule has 2 N–H and O–H groups in total. The zero-order chi connectivity index (χ0) is 13.7. The number of hydrogen-bond donors (Lipinski definition) is 2. The highest BCUT2D eigenvalue weighted by molar-refractivity contribution is 7.09. The van der Waals surface area contributed by atoms with Gasteiger partial charge < -0.3 is 10.4 Å². The first kappa shape index (κ1) is 13.7. The van der Waals surface area contributed by atoms with Crippen LogP contribution >= 0.6 is 11.3 Å². The van der Waals surface area contributed by atoms with Crippen LogP contribution in [0, 0.1) is 0 Å². The fourth-order valence-corrected chi connectivity index (χ4v) is 2.42. The van der Waals surface area contributed by atoms with Crippen molar-refractivity contribution < 1.29 is 9.90 Å². The van der Waals surface area contributed by atoms with Gasteiger partial charge in [0.1, 0.15) is 5.69 Å². The lowest BCUT2D eigenvalue weighted by Crippen LogP contribution is -2.35.